The Hall–Kier alpha value is -0.540. The molecule has 1 aromatic carbocycles. The predicted molar refractivity (Wildman–Crippen MR) is 70.4 cm³/mol. The molecule has 0 saturated heterocycles. The SMILES string of the molecule is CSCCC(C)NCc1cc(F)ccc1C. The maximum atomic E-state index is 13.0. The molecule has 0 fully saturated rings. The predicted octanol–water partition coefficient (Wildman–Crippen LogP) is 3.37. The fraction of sp³-hybridized carbons (Fsp3) is 0.538. The first-order chi connectivity index (χ1) is 7.63. The van der Waals surface area contributed by atoms with Crippen molar-refractivity contribution in [2.24, 2.45) is 0 Å². The van der Waals surface area contributed by atoms with Crippen molar-refractivity contribution in [3.63, 3.8) is 0 Å². The fourth-order valence-electron chi connectivity index (χ4n) is 1.51. The van der Waals surface area contributed by atoms with Crippen LogP contribution in [0.3, 0.4) is 0 Å². The first-order valence-electron chi connectivity index (χ1n) is 5.61. The number of hydrogen-bond acceptors (Lipinski definition) is 2. The van der Waals surface area contributed by atoms with Crippen molar-refractivity contribution in [3.05, 3.63) is 35.1 Å². The Morgan fingerprint density at radius 1 is 1.44 bits per heavy atom. The van der Waals surface area contributed by atoms with Crippen LogP contribution in [0.25, 0.3) is 0 Å². The zero-order chi connectivity index (χ0) is 12.0. The maximum absolute atomic E-state index is 13.0. The lowest BCUT2D eigenvalue weighted by Crippen LogP contribution is -2.26. The second-order valence-electron chi connectivity index (χ2n) is 4.13. The van der Waals surface area contributed by atoms with E-state index in [9.17, 15) is 4.39 Å². The molecule has 0 saturated carbocycles. The summed E-state index contributed by atoms with van der Waals surface area (Å²) < 4.78 is 13.0. The normalized spacial score (nSPS) is 12.8. The summed E-state index contributed by atoms with van der Waals surface area (Å²) in [6.45, 7) is 4.94. The molecule has 1 aromatic rings. The van der Waals surface area contributed by atoms with Crippen molar-refractivity contribution in [3.8, 4) is 0 Å². The van der Waals surface area contributed by atoms with Gasteiger partial charge >= 0.3 is 0 Å². The van der Waals surface area contributed by atoms with E-state index in [-0.39, 0.29) is 5.82 Å². The smallest absolute Gasteiger partial charge is 0.123 e. The van der Waals surface area contributed by atoms with Crippen LogP contribution in [0.4, 0.5) is 4.39 Å². The van der Waals surface area contributed by atoms with Crippen LogP contribution >= 0.6 is 11.8 Å². The molecule has 0 spiro atoms. The lowest BCUT2D eigenvalue weighted by molar-refractivity contribution is 0.534. The minimum Gasteiger partial charge on any atom is -0.310 e. The number of hydrogen-bond donors (Lipinski definition) is 1. The average Bonchev–Trinajstić information content (AvgIpc) is 2.27. The van der Waals surface area contributed by atoms with E-state index in [1.807, 2.05) is 24.8 Å². The van der Waals surface area contributed by atoms with Gasteiger partial charge in [0.1, 0.15) is 5.82 Å². The van der Waals surface area contributed by atoms with Crippen LogP contribution in [-0.2, 0) is 6.54 Å². The molecule has 0 aromatic heterocycles. The van der Waals surface area contributed by atoms with E-state index in [2.05, 4.69) is 18.5 Å². The molecule has 16 heavy (non-hydrogen) atoms. The Bertz CT molecular complexity index is 328. The van der Waals surface area contributed by atoms with Gasteiger partial charge in [0.25, 0.3) is 0 Å². The van der Waals surface area contributed by atoms with Gasteiger partial charge in [-0.05, 0) is 55.5 Å². The summed E-state index contributed by atoms with van der Waals surface area (Å²) in [4.78, 5) is 0. The molecule has 0 amide bonds. The van der Waals surface area contributed by atoms with Crippen molar-refractivity contribution in [2.75, 3.05) is 12.0 Å². The topological polar surface area (TPSA) is 12.0 Å². The van der Waals surface area contributed by atoms with Crippen molar-refractivity contribution in [1.29, 1.82) is 0 Å². The highest BCUT2D eigenvalue weighted by atomic mass is 32.2. The van der Waals surface area contributed by atoms with Gasteiger partial charge in [-0.3, -0.25) is 0 Å². The molecule has 1 N–H and O–H groups in total. The van der Waals surface area contributed by atoms with E-state index >= 15 is 0 Å². The molecule has 3 heteroatoms. The van der Waals surface area contributed by atoms with Gasteiger partial charge in [0.15, 0.2) is 0 Å². The molecule has 0 radical (unpaired) electrons. The highest BCUT2D eigenvalue weighted by Gasteiger charge is 2.03. The molecular weight excluding hydrogens is 221 g/mol. The molecule has 1 nitrogen and oxygen atoms in total. The van der Waals surface area contributed by atoms with Gasteiger partial charge in [0.05, 0.1) is 0 Å². The van der Waals surface area contributed by atoms with E-state index in [1.54, 1.807) is 6.07 Å². The molecule has 0 aliphatic heterocycles. The standard InChI is InChI=1S/C13H20FNS/c1-10-4-5-13(14)8-12(10)9-15-11(2)6-7-16-3/h4-5,8,11,15H,6-7,9H2,1-3H3. The van der Waals surface area contributed by atoms with Crippen molar-refractivity contribution >= 4 is 11.8 Å². The summed E-state index contributed by atoms with van der Waals surface area (Å²) in [6.07, 6.45) is 3.26. The van der Waals surface area contributed by atoms with Gasteiger partial charge in [-0.25, -0.2) is 4.39 Å². The molecule has 0 heterocycles. The summed E-state index contributed by atoms with van der Waals surface area (Å²) in [7, 11) is 0. The van der Waals surface area contributed by atoms with Gasteiger partial charge in [0, 0.05) is 12.6 Å². The second-order valence-corrected chi connectivity index (χ2v) is 5.12. The third-order valence-corrected chi connectivity index (χ3v) is 3.35. The van der Waals surface area contributed by atoms with E-state index in [0.29, 0.717) is 6.04 Å². The van der Waals surface area contributed by atoms with Gasteiger partial charge in [-0.15, -0.1) is 0 Å². The van der Waals surface area contributed by atoms with E-state index < -0.39 is 0 Å². The van der Waals surface area contributed by atoms with Gasteiger partial charge in [-0.2, -0.15) is 11.8 Å². The molecule has 90 valence electrons. The van der Waals surface area contributed by atoms with E-state index in [0.717, 1.165) is 29.8 Å². The quantitative estimate of drug-likeness (QED) is 0.819. The zero-order valence-corrected chi connectivity index (χ0v) is 11.0. The summed E-state index contributed by atoms with van der Waals surface area (Å²) in [5.41, 5.74) is 2.20. The average molecular weight is 241 g/mol. The molecule has 1 atom stereocenters. The monoisotopic (exact) mass is 241 g/mol. The lowest BCUT2D eigenvalue weighted by atomic mass is 10.1. The van der Waals surface area contributed by atoms with E-state index in [1.165, 1.54) is 6.07 Å². The van der Waals surface area contributed by atoms with Gasteiger partial charge in [0.2, 0.25) is 0 Å². The summed E-state index contributed by atoms with van der Waals surface area (Å²) >= 11 is 1.86. The summed E-state index contributed by atoms with van der Waals surface area (Å²) in [5.74, 6) is 1.01. The summed E-state index contributed by atoms with van der Waals surface area (Å²) in [6, 6.07) is 5.44. The van der Waals surface area contributed by atoms with E-state index in [4.69, 9.17) is 0 Å². The largest absolute Gasteiger partial charge is 0.310 e. The number of aryl methyl sites for hydroxylation is 1. The van der Waals surface area contributed by atoms with Crippen molar-refractivity contribution in [1.82, 2.24) is 5.32 Å². The Balaban J connectivity index is 2.44. The number of benzene rings is 1. The zero-order valence-electron chi connectivity index (χ0n) is 10.2. The Morgan fingerprint density at radius 3 is 2.88 bits per heavy atom. The van der Waals surface area contributed by atoms with Crippen LogP contribution in [0.2, 0.25) is 0 Å². The first kappa shape index (κ1) is 13.5. The van der Waals surface area contributed by atoms with Gasteiger partial charge in [-0.1, -0.05) is 6.07 Å². The van der Waals surface area contributed by atoms with Crippen molar-refractivity contribution in [2.45, 2.75) is 32.9 Å². The maximum Gasteiger partial charge on any atom is 0.123 e. The van der Waals surface area contributed by atoms with Crippen LogP contribution in [0.15, 0.2) is 18.2 Å². The molecule has 1 unspecified atom stereocenters. The first-order valence-corrected chi connectivity index (χ1v) is 7.00. The lowest BCUT2D eigenvalue weighted by Gasteiger charge is -2.14. The van der Waals surface area contributed by atoms with Crippen LogP contribution < -0.4 is 5.32 Å². The molecule has 0 aliphatic carbocycles. The van der Waals surface area contributed by atoms with Crippen LogP contribution in [0.1, 0.15) is 24.5 Å². The number of thioether (sulfide) groups is 1. The third-order valence-electron chi connectivity index (χ3n) is 2.71. The third kappa shape index (κ3) is 4.54. The minimum atomic E-state index is -0.154. The van der Waals surface area contributed by atoms with Crippen LogP contribution in [0, 0.1) is 12.7 Å². The number of rotatable bonds is 6. The highest BCUT2D eigenvalue weighted by molar-refractivity contribution is 7.98. The Kier molecular flexibility index (Phi) is 5.85. The molecular formula is C13H20FNS. The van der Waals surface area contributed by atoms with Gasteiger partial charge < -0.3 is 5.32 Å². The Labute approximate surface area is 102 Å². The van der Waals surface area contributed by atoms with Crippen LogP contribution in [-0.4, -0.2) is 18.1 Å². The van der Waals surface area contributed by atoms with Crippen molar-refractivity contribution < 1.29 is 4.39 Å². The molecule has 0 bridgehead atoms. The minimum absolute atomic E-state index is 0.154. The number of nitrogens with one attached hydrogen (secondary N) is 1. The highest BCUT2D eigenvalue weighted by Crippen LogP contribution is 2.10. The molecule has 0 aliphatic rings. The molecule has 1 rings (SSSR count). The fourth-order valence-corrected chi connectivity index (χ4v) is 2.10. The number of halogens is 1. The second kappa shape index (κ2) is 6.92. The summed E-state index contributed by atoms with van der Waals surface area (Å²) in [5, 5.41) is 3.42. The van der Waals surface area contributed by atoms with Crippen LogP contribution in [0.5, 0.6) is 0 Å². The Morgan fingerprint density at radius 2 is 2.19 bits per heavy atom.